The van der Waals surface area contributed by atoms with Gasteiger partial charge in [-0.15, -0.1) is 0 Å². The van der Waals surface area contributed by atoms with Gasteiger partial charge in [0.1, 0.15) is 0 Å². The Morgan fingerprint density at radius 1 is 1.19 bits per heavy atom. The Bertz CT molecular complexity index is 717. The molecule has 0 radical (unpaired) electrons. The number of benzene rings is 1. The summed E-state index contributed by atoms with van der Waals surface area (Å²) in [5.74, 6) is 0.0386. The van der Waals surface area contributed by atoms with E-state index in [1.165, 1.54) is 18.2 Å². The van der Waals surface area contributed by atoms with Crippen LogP contribution >= 0.6 is 0 Å². The summed E-state index contributed by atoms with van der Waals surface area (Å²) in [6.07, 6.45) is 3.10. The largest absolute Gasteiger partial charge is 0.449 e. The first-order chi connectivity index (χ1) is 12.9. The first-order valence-corrected chi connectivity index (χ1v) is 9.00. The molecule has 1 heterocycles. The average molecular weight is 375 g/mol. The molecule has 1 fully saturated rings. The molecule has 0 atom stereocenters. The monoisotopic (exact) mass is 375 g/mol. The van der Waals surface area contributed by atoms with Crippen molar-refractivity contribution < 1.29 is 19.2 Å². The summed E-state index contributed by atoms with van der Waals surface area (Å²) in [5.41, 5.74) is 0.334. The summed E-state index contributed by atoms with van der Waals surface area (Å²) in [6, 6.07) is 6.26. The van der Waals surface area contributed by atoms with Crippen LogP contribution in [0.4, 0.5) is 10.5 Å². The van der Waals surface area contributed by atoms with Gasteiger partial charge in [-0.2, -0.15) is 0 Å². The number of para-hydroxylation sites is 1. The molecule has 0 bridgehead atoms. The molecule has 0 spiro atoms. The van der Waals surface area contributed by atoms with Crippen LogP contribution < -0.4 is 0 Å². The molecule has 146 valence electrons. The highest BCUT2D eigenvalue weighted by Gasteiger charge is 2.22. The van der Waals surface area contributed by atoms with Crippen molar-refractivity contribution in [3.63, 3.8) is 0 Å². The van der Waals surface area contributed by atoms with Crippen molar-refractivity contribution in [3.05, 3.63) is 46.0 Å². The normalized spacial score (nSPS) is 15.1. The summed E-state index contributed by atoms with van der Waals surface area (Å²) in [6.45, 7) is 6.18. The van der Waals surface area contributed by atoms with Gasteiger partial charge in [0.15, 0.2) is 0 Å². The van der Waals surface area contributed by atoms with Crippen LogP contribution in [0.2, 0.25) is 0 Å². The number of ether oxygens (including phenoxy) is 1. The highest BCUT2D eigenvalue weighted by atomic mass is 16.6. The molecule has 0 saturated carbocycles. The SMILES string of the molecule is CC(C)COC(=O)N1CCCN(C(=O)/C=C/c2ccccc2[N+](=O)[O-])CC1. The Kier molecular flexibility index (Phi) is 7.34. The summed E-state index contributed by atoms with van der Waals surface area (Å²) >= 11 is 0. The highest BCUT2D eigenvalue weighted by molar-refractivity contribution is 5.92. The van der Waals surface area contributed by atoms with Crippen molar-refractivity contribution in [1.82, 2.24) is 9.80 Å². The lowest BCUT2D eigenvalue weighted by atomic mass is 10.1. The van der Waals surface area contributed by atoms with Crippen molar-refractivity contribution in [2.75, 3.05) is 32.8 Å². The van der Waals surface area contributed by atoms with Crippen LogP contribution in [0.25, 0.3) is 6.08 Å². The molecule has 1 aromatic rings. The smallest absolute Gasteiger partial charge is 0.409 e. The van der Waals surface area contributed by atoms with E-state index in [2.05, 4.69) is 0 Å². The fourth-order valence-electron chi connectivity index (χ4n) is 2.71. The molecule has 1 aliphatic heterocycles. The van der Waals surface area contributed by atoms with E-state index in [0.29, 0.717) is 44.8 Å². The van der Waals surface area contributed by atoms with E-state index in [9.17, 15) is 19.7 Å². The lowest BCUT2D eigenvalue weighted by Crippen LogP contribution is -2.37. The van der Waals surface area contributed by atoms with Crippen LogP contribution in [-0.4, -0.2) is 59.5 Å². The van der Waals surface area contributed by atoms with Crippen molar-refractivity contribution in [3.8, 4) is 0 Å². The van der Waals surface area contributed by atoms with Crippen LogP contribution in [0.3, 0.4) is 0 Å². The third-order valence-corrected chi connectivity index (χ3v) is 4.14. The zero-order valence-electron chi connectivity index (χ0n) is 15.7. The molecular weight excluding hydrogens is 350 g/mol. The second kappa shape index (κ2) is 9.70. The van der Waals surface area contributed by atoms with E-state index in [1.807, 2.05) is 13.8 Å². The van der Waals surface area contributed by atoms with Crippen molar-refractivity contribution in [1.29, 1.82) is 0 Å². The van der Waals surface area contributed by atoms with Crippen molar-refractivity contribution >= 4 is 23.8 Å². The van der Waals surface area contributed by atoms with Crippen LogP contribution in [0.5, 0.6) is 0 Å². The van der Waals surface area contributed by atoms with Gasteiger partial charge in [0.05, 0.1) is 17.1 Å². The van der Waals surface area contributed by atoms with Crippen LogP contribution in [0.15, 0.2) is 30.3 Å². The summed E-state index contributed by atoms with van der Waals surface area (Å²) in [7, 11) is 0. The molecule has 8 nitrogen and oxygen atoms in total. The van der Waals surface area contributed by atoms with E-state index >= 15 is 0 Å². The van der Waals surface area contributed by atoms with Gasteiger partial charge in [-0.3, -0.25) is 14.9 Å². The minimum absolute atomic E-state index is 0.0449. The molecular formula is C19H25N3O5. The maximum absolute atomic E-state index is 12.4. The molecule has 0 aliphatic carbocycles. The predicted octanol–water partition coefficient (Wildman–Crippen LogP) is 2.93. The minimum atomic E-state index is -0.475. The molecule has 2 rings (SSSR count). The molecule has 1 saturated heterocycles. The number of nitro groups is 1. The first kappa shape index (κ1) is 20.4. The Balaban J connectivity index is 1.94. The fourth-order valence-corrected chi connectivity index (χ4v) is 2.71. The molecule has 1 aromatic carbocycles. The topological polar surface area (TPSA) is 93.0 Å². The number of hydrogen-bond acceptors (Lipinski definition) is 5. The van der Waals surface area contributed by atoms with E-state index < -0.39 is 4.92 Å². The Labute approximate surface area is 158 Å². The molecule has 0 N–H and O–H groups in total. The standard InChI is InChI=1S/C19H25N3O5/c1-15(2)14-27-19(24)21-11-5-10-20(12-13-21)18(23)9-8-16-6-3-4-7-17(16)22(25)26/h3-4,6-9,15H,5,10-14H2,1-2H3/b9-8+. The van der Waals surface area contributed by atoms with E-state index in [-0.39, 0.29) is 23.6 Å². The molecule has 27 heavy (non-hydrogen) atoms. The molecule has 2 amide bonds. The summed E-state index contributed by atoms with van der Waals surface area (Å²) < 4.78 is 5.24. The van der Waals surface area contributed by atoms with Crippen molar-refractivity contribution in [2.24, 2.45) is 5.92 Å². The van der Waals surface area contributed by atoms with Gasteiger partial charge < -0.3 is 14.5 Å². The van der Waals surface area contributed by atoms with Gasteiger partial charge in [-0.05, 0) is 24.5 Å². The van der Waals surface area contributed by atoms with Gasteiger partial charge in [-0.1, -0.05) is 26.0 Å². The van der Waals surface area contributed by atoms with E-state index in [4.69, 9.17) is 4.74 Å². The van der Waals surface area contributed by atoms with Gasteiger partial charge in [0.2, 0.25) is 5.91 Å². The second-order valence-electron chi connectivity index (χ2n) is 6.79. The maximum atomic E-state index is 12.4. The number of nitro benzene ring substituents is 1. The van der Waals surface area contributed by atoms with Gasteiger partial charge in [0.25, 0.3) is 5.69 Å². The minimum Gasteiger partial charge on any atom is -0.449 e. The van der Waals surface area contributed by atoms with Crippen LogP contribution in [0.1, 0.15) is 25.8 Å². The van der Waals surface area contributed by atoms with Crippen LogP contribution in [0, 0.1) is 16.0 Å². The average Bonchev–Trinajstić information content (AvgIpc) is 2.90. The van der Waals surface area contributed by atoms with Crippen LogP contribution in [-0.2, 0) is 9.53 Å². The van der Waals surface area contributed by atoms with E-state index in [0.717, 1.165) is 0 Å². The first-order valence-electron chi connectivity index (χ1n) is 9.00. The van der Waals surface area contributed by atoms with E-state index in [1.54, 1.807) is 28.0 Å². The zero-order chi connectivity index (χ0) is 19.8. The highest BCUT2D eigenvalue weighted by Crippen LogP contribution is 2.19. The fraction of sp³-hybridized carbons (Fsp3) is 0.474. The Morgan fingerprint density at radius 2 is 1.85 bits per heavy atom. The second-order valence-corrected chi connectivity index (χ2v) is 6.79. The van der Waals surface area contributed by atoms with Crippen molar-refractivity contribution in [2.45, 2.75) is 20.3 Å². The molecule has 0 aromatic heterocycles. The third kappa shape index (κ3) is 6.09. The predicted molar refractivity (Wildman–Crippen MR) is 101 cm³/mol. The summed E-state index contributed by atoms with van der Waals surface area (Å²) in [5, 5.41) is 11.0. The molecule has 8 heteroatoms. The third-order valence-electron chi connectivity index (χ3n) is 4.14. The maximum Gasteiger partial charge on any atom is 0.409 e. The molecule has 1 aliphatic rings. The summed E-state index contributed by atoms with van der Waals surface area (Å²) in [4.78, 5) is 38.3. The Morgan fingerprint density at radius 3 is 2.56 bits per heavy atom. The lowest BCUT2D eigenvalue weighted by molar-refractivity contribution is -0.385. The number of carbonyl (C=O) groups is 2. The number of nitrogens with zero attached hydrogens (tertiary/aromatic N) is 3. The molecule has 0 unspecified atom stereocenters. The number of carbonyl (C=O) groups excluding carboxylic acids is 2. The number of rotatable bonds is 5. The quantitative estimate of drug-likeness (QED) is 0.448. The zero-order valence-corrected chi connectivity index (χ0v) is 15.7. The lowest BCUT2D eigenvalue weighted by Gasteiger charge is -2.21. The van der Waals surface area contributed by atoms with Gasteiger partial charge in [-0.25, -0.2) is 4.79 Å². The number of amides is 2. The van der Waals surface area contributed by atoms with Gasteiger partial charge >= 0.3 is 6.09 Å². The van der Waals surface area contributed by atoms with Gasteiger partial charge in [0, 0.05) is 38.3 Å². The number of hydrogen-bond donors (Lipinski definition) is 0. The Hall–Kier alpha value is -2.90.